The van der Waals surface area contributed by atoms with Crippen LogP contribution in [0.4, 0.5) is 10.5 Å². The second-order valence-electron chi connectivity index (χ2n) is 8.63. The summed E-state index contributed by atoms with van der Waals surface area (Å²) in [6, 6.07) is 13.6. The summed E-state index contributed by atoms with van der Waals surface area (Å²) in [7, 11) is 5.57. The highest BCUT2D eigenvalue weighted by Gasteiger charge is 2.41. The molecule has 34 heavy (non-hydrogen) atoms. The number of nitrogens with one attached hydrogen (secondary N) is 1. The van der Waals surface area contributed by atoms with Gasteiger partial charge in [0, 0.05) is 24.5 Å². The van der Waals surface area contributed by atoms with Gasteiger partial charge in [0.15, 0.2) is 6.10 Å². The third-order valence-corrected chi connectivity index (χ3v) is 7.11. The molecule has 0 saturated heterocycles. The lowest BCUT2D eigenvalue weighted by atomic mass is 10.0. The number of carbonyl (C=O) groups is 2. The minimum Gasteiger partial charge on any atom is -0.497 e. The molecule has 7 nitrogen and oxygen atoms in total. The Hall–Kier alpha value is -2.71. The Labute approximate surface area is 206 Å². The van der Waals surface area contributed by atoms with Crippen LogP contribution in [-0.4, -0.2) is 63.8 Å². The van der Waals surface area contributed by atoms with Crippen LogP contribution in [0.15, 0.2) is 47.4 Å². The predicted octanol–water partition coefficient (Wildman–Crippen LogP) is 4.64. The van der Waals surface area contributed by atoms with Crippen LogP contribution in [0.5, 0.6) is 5.75 Å². The van der Waals surface area contributed by atoms with E-state index in [4.69, 9.17) is 9.47 Å². The number of likely N-dealkylation sites (N-methyl/N-ethyl adjacent to an activating group) is 1. The molecular formula is C26H35N3O4S. The number of alkyl carbamates (subject to hydrolysis) is 1. The van der Waals surface area contributed by atoms with E-state index in [-0.39, 0.29) is 5.91 Å². The van der Waals surface area contributed by atoms with E-state index >= 15 is 0 Å². The SMILES string of the molecule is CCCCNC(=O)O[C@@H]1C(=O)N(CCN(C)C)c2c(C)cccc2S[C@@H]1c1ccc(OC)cc1. The molecule has 1 N–H and O–H groups in total. The Morgan fingerprint density at radius 1 is 1.18 bits per heavy atom. The molecule has 1 heterocycles. The number of nitrogens with zero attached hydrogens (tertiary/aromatic N) is 2. The lowest BCUT2D eigenvalue weighted by molar-refractivity contribution is -0.126. The van der Waals surface area contributed by atoms with Crippen molar-refractivity contribution >= 4 is 29.4 Å². The number of para-hydroxylation sites is 1. The van der Waals surface area contributed by atoms with Crippen molar-refractivity contribution in [3.63, 3.8) is 0 Å². The van der Waals surface area contributed by atoms with Crippen molar-refractivity contribution in [1.29, 1.82) is 0 Å². The monoisotopic (exact) mass is 485 g/mol. The summed E-state index contributed by atoms with van der Waals surface area (Å²) in [6.07, 6.45) is 0.263. The van der Waals surface area contributed by atoms with Crippen molar-refractivity contribution in [2.24, 2.45) is 0 Å². The minimum absolute atomic E-state index is 0.214. The fourth-order valence-electron chi connectivity index (χ4n) is 3.86. The van der Waals surface area contributed by atoms with Crippen molar-refractivity contribution in [3.8, 4) is 5.75 Å². The van der Waals surface area contributed by atoms with E-state index in [9.17, 15) is 9.59 Å². The second-order valence-corrected chi connectivity index (χ2v) is 9.82. The van der Waals surface area contributed by atoms with Crippen molar-refractivity contribution in [2.75, 3.05) is 45.7 Å². The molecule has 0 saturated carbocycles. The van der Waals surface area contributed by atoms with E-state index in [1.165, 1.54) is 0 Å². The van der Waals surface area contributed by atoms with Crippen LogP contribution in [0, 0.1) is 6.92 Å². The quantitative estimate of drug-likeness (QED) is 0.522. The van der Waals surface area contributed by atoms with Gasteiger partial charge >= 0.3 is 6.09 Å². The number of hydrogen-bond acceptors (Lipinski definition) is 6. The Kier molecular flexibility index (Phi) is 9.24. The van der Waals surface area contributed by atoms with Gasteiger partial charge in [0.25, 0.3) is 5.91 Å². The van der Waals surface area contributed by atoms with Crippen LogP contribution in [0.3, 0.4) is 0 Å². The van der Waals surface area contributed by atoms with Gasteiger partial charge in [-0.2, -0.15) is 0 Å². The summed E-state index contributed by atoms with van der Waals surface area (Å²) < 4.78 is 11.2. The number of rotatable bonds is 9. The van der Waals surface area contributed by atoms with Gasteiger partial charge in [0.2, 0.25) is 0 Å². The lowest BCUT2D eigenvalue weighted by Crippen LogP contribution is -2.46. The van der Waals surface area contributed by atoms with Gasteiger partial charge in [-0.05, 0) is 56.8 Å². The number of hydrogen-bond donors (Lipinski definition) is 1. The molecule has 0 unspecified atom stereocenters. The lowest BCUT2D eigenvalue weighted by Gasteiger charge is -2.29. The maximum Gasteiger partial charge on any atom is 0.407 e. The highest BCUT2D eigenvalue weighted by molar-refractivity contribution is 7.99. The molecular weight excluding hydrogens is 450 g/mol. The zero-order valence-corrected chi connectivity index (χ0v) is 21.5. The molecule has 1 aliphatic heterocycles. The zero-order valence-electron chi connectivity index (χ0n) is 20.7. The number of carbonyl (C=O) groups excluding carboxylic acids is 2. The van der Waals surface area contributed by atoms with Gasteiger partial charge in [-0.3, -0.25) is 4.79 Å². The average molecular weight is 486 g/mol. The standard InChI is InChI=1S/C26H35N3O4S/c1-6-7-15-27-26(31)33-23-24(19-11-13-20(32-5)14-12-19)34-21-10-8-9-18(2)22(21)29(25(23)30)17-16-28(3)4/h8-14,23-24H,6-7,15-17H2,1-5H3,(H,27,31)/t23-,24+/m0/s1. The number of methoxy groups -OCH3 is 1. The summed E-state index contributed by atoms with van der Waals surface area (Å²) in [4.78, 5) is 31.5. The first-order valence-electron chi connectivity index (χ1n) is 11.7. The predicted molar refractivity (Wildman–Crippen MR) is 137 cm³/mol. The number of unbranched alkanes of at least 4 members (excludes halogenated alkanes) is 1. The van der Waals surface area contributed by atoms with Crippen LogP contribution in [0.1, 0.15) is 36.1 Å². The number of fused-ring (bicyclic) bond motifs is 1. The molecule has 3 rings (SSSR count). The van der Waals surface area contributed by atoms with Crippen LogP contribution in [0.25, 0.3) is 0 Å². The molecule has 0 radical (unpaired) electrons. The fraction of sp³-hybridized carbons (Fsp3) is 0.462. The topological polar surface area (TPSA) is 71.1 Å². The normalized spacial score (nSPS) is 17.8. The van der Waals surface area contributed by atoms with Gasteiger partial charge in [-0.1, -0.05) is 37.6 Å². The Morgan fingerprint density at radius 2 is 1.91 bits per heavy atom. The highest BCUT2D eigenvalue weighted by Crippen LogP contribution is 2.48. The summed E-state index contributed by atoms with van der Waals surface area (Å²) in [6.45, 7) is 5.76. The maximum absolute atomic E-state index is 14.0. The average Bonchev–Trinajstić information content (AvgIpc) is 2.93. The van der Waals surface area contributed by atoms with E-state index in [2.05, 4.69) is 12.2 Å². The van der Waals surface area contributed by atoms with E-state index in [1.54, 1.807) is 23.8 Å². The van der Waals surface area contributed by atoms with E-state index in [1.807, 2.05) is 68.4 Å². The fourth-order valence-corrected chi connectivity index (χ4v) is 5.26. The second kappa shape index (κ2) is 12.1. The molecule has 184 valence electrons. The molecule has 2 aromatic carbocycles. The van der Waals surface area contributed by atoms with Gasteiger partial charge in [0.05, 0.1) is 18.0 Å². The number of amides is 2. The molecule has 1 aliphatic rings. The molecule has 2 amide bonds. The van der Waals surface area contributed by atoms with Crippen LogP contribution >= 0.6 is 11.8 Å². The van der Waals surface area contributed by atoms with Crippen LogP contribution in [0.2, 0.25) is 0 Å². The van der Waals surface area contributed by atoms with Crippen molar-refractivity contribution in [3.05, 3.63) is 53.6 Å². The van der Waals surface area contributed by atoms with Crippen molar-refractivity contribution in [2.45, 2.75) is 42.9 Å². The largest absolute Gasteiger partial charge is 0.497 e. The van der Waals surface area contributed by atoms with E-state index in [0.29, 0.717) is 19.6 Å². The van der Waals surface area contributed by atoms with E-state index < -0.39 is 17.4 Å². The third kappa shape index (κ3) is 6.24. The molecule has 8 heteroatoms. The summed E-state index contributed by atoms with van der Waals surface area (Å²) in [5, 5.41) is 2.39. The third-order valence-electron chi connectivity index (χ3n) is 5.76. The number of anilines is 1. The Bertz CT molecular complexity index is 981. The van der Waals surface area contributed by atoms with Crippen molar-refractivity contribution in [1.82, 2.24) is 10.2 Å². The molecule has 0 bridgehead atoms. The Balaban J connectivity index is 2.03. The number of aryl methyl sites for hydroxylation is 1. The molecule has 0 fully saturated rings. The minimum atomic E-state index is -0.978. The molecule has 0 aliphatic carbocycles. The molecule has 0 aromatic heterocycles. The molecule has 0 spiro atoms. The summed E-state index contributed by atoms with van der Waals surface area (Å²) >= 11 is 1.56. The first-order valence-corrected chi connectivity index (χ1v) is 12.5. The highest BCUT2D eigenvalue weighted by atomic mass is 32.2. The number of thioether (sulfide) groups is 1. The van der Waals surface area contributed by atoms with Crippen LogP contribution < -0.4 is 15.0 Å². The zero-order chi connectivity index (χ0) is 24.7. The van der Waals surface area contributed by atoms with Gasteiger partial charge in [-0.15, -0.1) is 11.8 Å². The van der Waals surface area contributed by atoms with Crippen LogP contribution in [-0.2, 0) is 9.53 Å². The number of ether oxygens (including phenoxy) is 2. The first kappa shape index (κ1) is 25.9. The van der Waals surface area contributed by atoms with E-state index in [0.717, 1.165) is 40.3 Å². The summed E-state index contributed by atoms with van der Waals surface area (Å²) in [5.74, 6) is 0.515. The summed E-state index contributed by atoms with van der Waals surface area (Å²) in [5.41, 5.74) is 2.79. The Morgan fingerprint density at radius 3 is 2.56 bits per heavy atom. The van der Waals surface area contributed by atoms with Gasteiger partial charge in [0.1, 0.15) is 5.75 Å². The van der Waals surface area contributed by atoms with Gasteiger partial charge < -0.3 is 24.6 Å². The maximum atomic E-state index is 14.0. The van der Waals surface area contributed by atoms with Gasteiger partial charge in [-0.25, -0.2) is 4.79 Å². The first-order chi connectivity index (χ1) is 16.3. The number of benzene rings is 2. The molecule has 2 atom stereocenters. The molecule has 2 aromatic rings. The van der Waals surface area contributed by atoms with Crippen molar-refractivity contribution < 1.29 is 19.1 Å². The smallest absolute Gasteiger partial charge is 0.407 e.